The standard InChI is InChI=1S/C25H24Cl2N2O3S/c26-21-13-14-22(27)23(16-21)33(31,32)29-15-7-12-20(17-29)25(30)28-24(18-8-3-1-4-9-18)19-10-5-2-6-11-19/h1-6,8-11,13-14,16,20,24H,7,12,15,17H2,(H,28,30)/t20-/m1/s1. The number of carbonyl (C=O) groups excluding carboxylic acids is 1. The lowest BCUT2D eigenvalue weighted by atomic mass is 9.95. The molecule has 33 heavy (non-hydrogen) atoms. The molecule has 0 radical (unpaired) electrons. The summed E-state index contributed by atoms with van der Waals surface area (Å²) in [7, 11) is -3.88. The minimum Gasteiger partial charge on any atom is -0.345 e. The van der Waals surface area contributed by atoms with Gasteiger partial charge in [0, 0.05) is 18.1 Å². The van der Waals surface area contributed by atoms with E-state index in [0.29, 0.717) is 19.4 Å². The van der Waals surface area contributed by atoms with Gasteiger partial charge in [0.25, 0.3) is 0 Å². The van der Waals surface area contributed by atoms with E-state index >= 15 is 0 Å². The average molecular weight is 503 g/mol. The van der Waals surface area contributed by atoms with E-state index in [1.54, 1.807) is 6.07 Å². The number of hydrogen-bond donors (Lipinski definition) is 1. The minimum absolute atomic E-state index is 0.0378. The SMILES string of the molecule is O=C(NC(c1ccccc1)c1ccccc1)[C@@H]1CCCN(S(=O)(=O)c2cc(Cl)ccc2Cl)C1. The van der Waals surface area contributed by atoms with Gasteiger partial charge in [-0.2, -0.15) is 4.31 Å². The number of amides is 1. The fourth-order valence-corrected chi connectivity index (χ4v) is 6.36. The van der Waals surface area contributed by atoms with Crippen LogP contribution in [0.15, 0.2) is 83.8 Å². The highest BCUT2D eigenvalue weighted by atomic mass is 35.5. The van der Waals surface area contributed by atoms with Crippen LogP contribution in [-0.4, -0.2) is 31.7 Å². The summed E-state index contributed by atoms with van der Waals surface area (Å²) in [5.74, 6) is -0.647. The first-order valence-corrected chi connectivity index (χ1v) is 12.9. The molecule has 3 aromatic rings. The maximum Gasteiger partial charge on any atom is 0.244 e. The Morgan fingerprint density at radius 2 is 1.55 bits per heavy atom. The number of hydrogen-bond acceptors (Lipinski definition) is 3. The Balaban J connectivity index is 1.55. The molecule has 1 aliphatic rings. The van der Waals surface area contributed by atoms with Crippen LogP contribution < -0.4 is 5.32 Å². The number of nitrogens with zero attached hydrogens (tertiary/aromatic N) is 1. The van der Waals surface area contributed by atoms with Crippen LogP contribution >= 0.6 is 23.2 Å². The molecule has 4 rings (SSSR count). The minimum atomic E-state index is -3.88. The number of benzene rings is 3. The van der Waals surface area contributed by atoms with E-state index in [4.69, 9.17) is 23.2 Å². The summed E-state index contributed by atoms with van der Waals surface area (Å²) in [4.78, 5) is 13.3. The van der Waals surface area contributed by atoms with Crippen molar-refractivity contribution in [1.82, 2.24) is 9.62 Å². The van der Waals surface area contributed by atoms with Crippen molar-refractivity contribution in [3.63, 3.8) is 0 Å². The third kappa shape index (κ3) is 5.41. The van der Waals surface area contributed by atoms with Crippen LogP contribution in [0.2, 0.25) is 10.0 Å². The van der Waals surface area contributed by atoms with Gasteiger partial charge < -0.3 is 5.32 Å². The smallest absolute Gasteiger partial charge is 0.244 e. The Morgan fingerprint density at radius 1 is 0.939 bits per heavy atom. The molecule has 8 heteroatoms. The van der Waals surface area contributed by atoms with Crippen molar-refractivity contribution in [2.24, 2.45) is 5.92 Å². The predicted molar refractivity (Wildman–Crippen MR) is 131 cm³/mol. The summed E-state index contributed by atoms with van der Waals surface area (Å²) < 4.78 is 27.8. The molecule has 3 aromatic carbocycles. The lowest BCUT2D eigenvalue weighted by Crippen LogP contribution is -2.46. The molecule has 1 aliphatic heterocycles. The van der Waals surface area contributed by atoms with E-state index in [9.17, 15) is 13.2 Å². The van der Waals surface area contributed by atoms with E-state index in [1.165, 1.54) is 16.4 Å². The fourth-order valence-electron chi connectivity index (χ4n) is 4.10. The van der Waals surface area contributed by atoms with Gasteiger partial charge in [0.2, 0.25) is 15.9 Å². The Hall–Kier alpha value is -2.38. The molecule has 0 aromatic heterocycles. The topological polar surface area (TPSA) is 66.5 Å². The number of nitrogens with one attached hydrogen (secondary N) is 1. The van der Waals surface area contributed by atoms with Crippen molar-refractivity contribution in [2.45, 2.75) is 23.8 Å². The quantitative estimate of drug-likeness (QED) is 0.497. The van der Waals surface area contributed by atoms with Crippen LogP contribution in [0.1, 0.15) is 30.0 Å². The fraction of sp³-hybridized carbons (Fsp3) is 0.240. The molecule has 0 saturated carbocycles. The zero-order valence-corrected chi connectivity index (χ0v) is 20.2. The summed E-state index contributed by atoms with van der Waals surface area (Å²) in [6.45, 7) is 0.420. The van der Waals surface area contributed by atoms with Gasteiger partial charge in [-0.1, -0.05) is 83.9 Å². The third-order valence-corrected chi connectivity index (χ3v) is 8.40. The van der Waals surface area contributed by atoms with Crippen LogP contribution in [0.3, 0.4) is 0 Å². The normalized spacial score (nSPS) is 17.1. The molecule has 1 saturated heterocycles. The summed E-state index contributed by atoms with van der Waals surface area (Å²) in [5.41, 5.74) is 1.92. The van der Waals surface area contributed by atoms with Crippen LogP contribution in [0.25, 0.3) is 0 Å². The first-order chi connectivity index (χ1) is 15.9. The van der Waals surface area contributed by atoms with Crippen LogP contribution in [0.5, 0.6) is 0 Å². The Morgan fingerprint density at radius 3 is 2.15 bits per heavy atom. The molecule has 5 nitrogen and oxygen atoms in total. The highest BCUT2D eigenvalue weighted by Crippen LogP contribution is 2.31. The van der Waals surface area contributed by atoms with Crippen molar-refractivity contribution >= 4 is 39.1 Å². The van der Waals surface area contributed by atoms with Crippen molar-refractivity contribution in [1.29, 1.82) is 0 Å². The molecule has 1 amide bonds. The van der Waals surface area contributed by atoms with E-state index in [2.05, 4.69) is 5.32 Å². The zero-order valence-electron chi connectivity index (χ0n) is 17.8. The number of sulfonamides is 1. The van der Waals surface area contributed by atoms with Crippen LogP contribution in [0.4, 0.5) is 0 Å². The van der Waals surface area contributed by atoms with Crippen LogP contribution in [0, 0.1) is 5.92 Å². The van der Waals surface area contributed by atoms with Gasteiger partial charge >= 0.3 is 0 Å². The largest absolute Gasteiger partial charge is 0.345 e. The molecule has 0 bridgehead atoms. The summed E-state index contributed by atoms with van der Waals surface area (Å²) in [6.07, 6.45) is 1.19. The second-order valence-electron chi connectivity index (χ2n) is 8.04. The van der Waals surface area contributed by atoms with E-state index < -0.39 is 15.9 Å². The van der Waals surface area contributed by atoms with Crippen LogP contribution in [-0.2, 0) is 14.8 Å². The van der Waals surface area contributed by atoms with Gasteiger partial charge in [0.15, 0.2) is 0 Å². The molecule has 0 unspecified atom stereocenters. The maximum absolute atomic E-state index is 13.3. The third-order valence-electron chi connectivity index (χ3n) is 5.82. The number of carbonyl (C=O) groups is 1. The second kappa shape index (κ2) is 10.3. The molecule has 0 spiro atoms. The molecule has 0 aliphatic carbocycles. The Labute approximate surface area is 204 Å². The summed E-state index contributed by atoms with van der Waals surface area (Å²) in [6, 6.07) is 23.5. The lowest BCUT2D eigenvalue weighted by molar-refractivity contribution is -0.126. The van der Waals surface area contributed by atoms with Crippen molar-refractivity contribution < 1.29 is 13.2 Å². The van der Waals surface area contributed by atoms with E-state index in [0.717, 1.165) is 11.1 Å². The van der Waals surface area contributed by atoms with E-state index in [1.807, 2.05) is 60.7 Å². The van der Waals surface area contributed by atoms with Gasteiger partial charge in [-0.25, -0.2) is 8.42 Å². The molecular formula is C25H24Cl2N2O3S. The van der Waals surface area contributed by atoms with Gasteiger partial charge in [-0.3, -0.25) is 4.79 Å². The Kier molecular flexibility index (Phi) is 7.39. The lowest BCUT2D eigenvalue weighted by Gasteiger charge is -2.32. The maximum atomic E-state index is 13.3. The first-order valence-electron chi connectivity index (χ1n) is 10.7. The summed E-state index contributed by atoms with van der Waals surface area (Å²) in [5, 5.41) is 3.54. The first kappa shape index (κ1) is 23.8. The van der Waals surface area contributed by atoms with Gasteiger partial charge in [0.1, 0.15) is 4.90 Å². The number of rotatable bonds is 6. The monoisotopic (exact) mass is 502 g/mol. The van der Waals surface area contributed by atoms with Crippen molar-refractivity contribution in [3.8, 4) is 0 Å². The Bertz CT molecular complexity index is 1180. The molecular weight excluding hydrogens is 479 g/mol. The molecule has 1 atom stereocenters. The molecule has 1 fully saturated rings. The summed E-state index contributed by atoms with van der Waals surface area (Å²) >= 11 is 12.2. The van der Waals surface area contributed by atoms with Gasteiger partial charge in [-0.05, 0) is 42.2 Å². The molecule has 1 N–H and O–H groups in total. The van der Waals surface area contributed by atoms with E-state index in [-0.39, 0.29) is 33.4 Å². The van der Waals surface area contributed by atoms with Crippen molar-refractivity contribution in [3.05, 3.63) is 100 Å². The number of halogens is 2. The molecule has 1 heterocycles. The van der Waals surface area contributed by atoms with Gasteiger partial charge in [0.05, 0.1) is 17.0 Å². The van der Waals surface area contributed by atoms with Crippen molar-refractivity contribution in [2.75, 3.05) is 13.1 Å². The second-order valence-corrected chi connectivity index (χ2v) is 10.8. The average Bonchev–Trinajstić information content (AvgIpc) is 2.85. The van der Waals surface area contributed by atoms with Gasteiger partial charge in [-0.15, -0.1) is 0 Å². The predicted octanol–water partition coefficient (Wildman–Crippen LogP) is 5.30. The number of piperidine rings is 1. The zero-order chi connectivity index (χ0) is 23.4. The highest BCUT2D eigenvalue weighted by Gasteiger charge is 2.35. The highest BCUT2D eigenvalue weighted by molar-refractivity contribution is 7.89. The molecule has 172 valence electrons.